The zero-order chi connectivity index (χ0) is 20.3. The first kappa shape index (κ1) is 19.8. The zero-order valence-electron chi connectivity index (χ0n) is 16.3. The Bertz CT molecular complexity index is 1030. The van der Waals surface area contributed by atoms with E-state index >= 15 is 0 Å². The minimum absolute atomic E-state index is 0.0615. The van der Waals surface area contributed by atoms with E-state index in [1.807, 2.05) is 43.3 Å². The molecule has 29 heavy (non-hydrogen) atoms. The first-order chi connectivity index (χ1) is 14.0. The number of nitrogens with zero attached hydrogens (tertiary/aromatic N) is 4. The third kappa shape index (κ3) is 4.39. The van der Waals surface area contributed by atoms with Crippen LogP contribution < -0.4 is 0 Å². The fourth-order valence-corrected chi connectivity index (χ4v) is 4.96. The molecule has 0 saturated carbocycles. The van der Waals surface area contributed by atoms with Crippen LogP contribution in [0.25, 0.3) is 0 Å². The molecule has 0 N–H and O–H groups in total. The van der Waals surface area contributed by atoms with Gasteiger partial charge in [-0.1, -0.05) is 53.7 Å². The van der Waals surface area contributed by atoms with Crippen LogP contribution in [0.15, 0.2) is 70.1 Å². The molecule has 1 aromatic heterocycles. The zero-order valence-corrected chi connectivity index (χ0v) is 17.1. The van der Waals surface area contributed by atoms with Gasteiger partial charge in [-0.25, -0.2) is 8.42 Å². The first-order valence-electron chi connectivity index (χ1n) is 9.70. The van der Waals surface area contributed by atoms with Gasteiger partial charge in [-0.3, -0.25) is 4.90 Å². The molecule has 2 aromatic carbocycles. The number of rotatable bonds is 6. The highest BCUT2D eigenvalue weighted by Gasteiger charge is 2.31. The maximum atomic E-state index is 12.8. The molecule has 0 bridgehead atoms. The summed E-state index contributed by atoms with van der Waals surface area (Å²) in [5.41, 5.74) is 1.13. The van der Waals surface area contributed by atoms with Crippen LogP contribution in [-0.4, -0.2) is 53.9 Å². The molecule has 152 valence electrons. The second-order valence-corrected chi connectivity index (χ2v) is 9.08. The molecule has 0 radical (unpaired) electrons. The topological polar surface area (TPSA) is 79.5 Å². The summed E-state index contributed by atoms with van der Waals surface area (Å²) >= 11 is 0. The van der Waals surface area contributed by atoms with Crippen molar-refractivity contribution in [3.05, 3.63) is 77.9 Å². The molecule has 0 aliphatic carbocycles. The first-order valence-corrected chi connectivity index (χ1v) is 11.1. The van der Waals surface area contributed by atoms with Crippen molar-refractivity contribution in [2.24, 2.45) is 0 Å². The van der Waals surface area contributed by atoms with E-state index in [1.165, 1.54) is 0 Å². The largest absolute Gasteiger partial charge is 0.338 e. The van der Waals surface area contributed by atoms with Gasteiger partial charge in [0, 0.05) is 32.6 Å². The summed E-state index contributed by atoms with van der Waals surface area (Å²) in [5.74, 6) is 1.22. The predicted octanol–water partition coefficient (Wildman–Crippen LogP) is 2.73. The van der Waals surface area contributed by atoms with Gasteiger partial charge in [-0.15, -0.1) is 0 Å². The van der Waals surface area contributed by atoms with Crippen LogP contribution in [0.2, 0.25) is 0 Å². The Morgan fingerprint density at radius 3 is 2.24 bits per heavy atom. The van der Waals surface area contributed by atoms with Crippen molar-refractivity contribution >= 4 is 10.0 Å². The van der Waals surface area contributed by atoms with Crippen molar-refractivity contribution in [1.29, 1.82) is 0 Å². The number of hydrogen-bond acceptors (Lipinski definition) is 6. The summed E-state index contributed by atoms with van der Waals surface area (Å²) in [6, 6.07) is 18.5. The highest BCUT2D eigenvalue weighted by Crippen LogP contribution is 2.23. The SMILES string of the molecule is CC(c1nc(Cc2ccccc2)no1)N1CCN(S(=O)(=O)c2ccccc2)CC1. The highest BCUT2D eigenvalue weighted by atomic mass is 32.2. The Labute approximate surface area is 171 Å². The molecule has 1 unspecified atom stereocenters. The van der Waals surface area contributed by atoms with Gasteiger partial charge < -0.3 is 4.52 Å². The Kier molecular flexibility index (Phi) is 5.75. The van der Waals surface area contributed by atoms with Gasteiger partial charge in [-0.05, 0) is 24.6 Å². The van der Waals surface area contributed by atoms with Gasteiger partial charge in [0.2, 0.25) is 15.9 Å². The van der Waals surface area contributed by atoms with E-state index in [2.05, 4.69) is 15.0 Å². The van der Waals surface area contributed by atoms with Gasteiger partial charge in [0.1, 0.15) is 0 Å². The Balaban J connectivity index is 1.38. The molecule has 1 fully saturated rings. The second kappa shape index (κ2) is 8.44. The summed E-state index contributed by atoms with van der Waals surface area (Å²) in [4.78, 5) is 7.06. The Morgan fingerprint density at radius 1 is 0.966 bits per heavy atom. The summed E-state index contributed by atoms with van der Waals surface area (Å²) in [7, 11) is -3.45. The molecular formula is C21H24N4O3S. The summed E-state index contributed by atoms with van der Waals surface area (Å²) in [6.07, 6.45) is 0.625. The average Bonchev–Trinajstić information content (AvgIpc) is 3.23. The van der Waals surface area contributed by atoms with Crippen LogP contribution in [0.1, 0.15) is 30.2 Å². The lowest BCUT2D eigenvalue weighted by Crippen LogP contribution is -2.49. The van der Waals surface area contributed by atoms with Gasteiger partial charge in [0.15, 0.2) is 5.82 Å². The molecule has 1 aliphatic heterocycles. The normalized spacial score (nSPS) is 17.3. The van der Waals surface area contributed by atoms with E-state index in [1.54, 1.807) is 28.6 Å². The lowest BCUT2D eigenvalue weighted by molar-refractivity contribution is 0.124. The Morgan fingerprint density at radius 2 is 1.59 bits per heavy atom. The molecule has 1 aliphatic rings. The fourth-order valence-electron chi connectivity index (χ4n) is 3.52. The molecule has 0 spiro atoms. The molecule has 0 amide bonds. The van der Waals surface area contributed by atoms with Crippen LogP contribution in [0.5, 0.6) is 0 Å². The Hall–Kier alpha value is -2.55. The van der Waals surface area contributed by atoms with Crippen molar-refractivity contribution < 1.29 is 12.9 Å². The third-order valence-electron chi connectivity index (χ3n) is 5.25. The number of sulfonamides is 1. The van der Waals surface area contributed by atoms with Crippen LogP contribution in [0.4, 0.5) is 0 Å². The van der Waals surface area contributed by atoms with Crippen LogP contribution in [0, 0.1) is 0 Å². The fraction of sp³-hybridized carbons (Fsp3) is 0.333. The van der Waals surface area contributed by atoms with Crippen molar-refractivity contribution in [2.45, 2.75) is 24.3 Å². The van der Waals surface area contributed by atoms with Gasteiger partial charge in [0.25, 0.3) is 0 Å². The molecule has 2 heterocycles. The van der Waals surface area contributed by atoms with E-state index in [9.17, 15) is 8.42 Å². The van der Waals surface area contributed by atoms with Crippen LogP contribution in [-0.2, 0) is 16.4 Å². The number of piperazine rings is 1. The number of benzene rings is 2. The molecule has 1 saturated heterocycles. The van der Waals surface area contributed by atoms with Crippen molar-refractivity contribution in [2.75, 3.05) is 26.2 Å². The van der Waals surface area contributed by atoms with Crippen molar-refractivity contribution in [1.82, 2.24) is 19.3 Å². The monoisotopic (exact) mass is 412 g/mol. The summed E-state index contributed by atoms with van der Waals surface area (Å²) < 4.78 is 32.6. The van der Waals surface area contributed by atoms with E-state index in [-0.39, 0.29) is 6.04 Å². The van der Waals surface area contributed by atoms with E-state index in [0.717, 1.165) is 5.56 Å². The number of hydrogen-bond donors (Lipinski definition) is 0. The quantitative estimate of drug-likeness (QED) is 0.619. The molecule has 1 atom stereocenters. The summed E-state index contributed by atoms with van der Waals surface area (Å²) in [6.45, 7) is 4.12. The van der Waals surface area contributed by atoms with Gasteiger partial charge in [-0.2, -0.15) is 9.29 Å². The molecular weight excluding hydrogens is 388 g/mol. The maximum absolute atomic E-state index is 12.8. The highest BCUT2D eigenvalue weighted by molar-refractivity contribution is 7.89. The second-order valence-electron chi connectivity index (χ2n) is 7.14. The molecule has 4 rings (SSSR count). The predicted molar refractivity (Wildman–Crippen MR) is 109 cm³/mol. The van der Waals surface area contributed by atoms with Crippen molar-refractivity contribution in [3.8, 4) is 0 Å². The molecule has 8 heteroatoms. The van der Waals surface area contributed by atoms with Crippen LogP contribution in [0.3, 0.4) is 0 Å². The number of aromatic nitrogens is 2. The molecule has 7 nitrogen and oxygen atoms in total. The lowest BCUT2D eigenvalue weighted by Gasteiger charge is -2.36. The van der Waals surface area contributed by atoms with Gasteiger partial charge in [0.05, 0.1) is 10.9 Å². The lowest BCUT2D eigenvalue weighted by atomic mass is 10.1. The standard InChI is InChI=1S/C21H24N4O3S/c1-17(21-22-20(23-28-21)16-18-8-4-2-5-9-18)24-12-14-25(15-13-24)29(26,27)19-10-6-3-7-11-19/h2-11,17H,12-16H2,1H3. The third-order valence-corrected chi connectivity index (χ3v) is 7.16. The van der Waals surface area contributed by atoms with Crippen molar-refractivity contribution in [3.63, 3.8) is 0 Å². The summed E-state index contributed by atoms with van der Waals surface area (Å²) in [5, 5.41) is 4.10. The minimum atomic E-state index is -3.45. The average molecular weight is 413 g/mol. The van der Waals surface area contributed by atoms with E-state index in [0.29, 0.717) is 49.2 Å². The molecule has 3 aromatic rings. The van der Waals surface area contributed by atoms with E-state index < -0.39 is 10.0 Å². The maximum Gasteiger partial charge on any atom is 0.243 e. The van der Waals surface area contributed by atoms with E-state index in [4.69, 9.17) is 4.52 Å². The van der Waals surface area contributed by atoms with Crippen LogP contribution >= 0.6 is 0 Å². The minimum Gasteiger partial charge on any atom is -0.338 e. The smallest absolute Gasteiger partial charge is 0.243 e. The van der Waals surface area contributed by atoms with Gasteiger partial charge >= 0.3 is 0 Å².